The molecule has 0 amide bonds. The van der Waals surface area contributed by atoms with Gasteiger partial charge < -0.3 is 15.3 Å². The number of hydrogen-bond donors (Lipinski definition) is 2. The largest absolute Gasteiger partial charge is 0.396 e. The summed E-state index contributed by atoms with van der Waals surface area (Å²) in [5, 5.41) is 12.5. The Balaban J connectivity index is 2.20. The normalized spacial score (nSPS) is 20.6. The highest BCUT2D eigenvalue weighted by molar-refractivity contribution is 5.52. The van der Waals surface area contributed by atoms with Crippen molar-refractivity contribution >= 4 is 5.69 Å². The van der Waals surface area contributed by atoms with Gasteiger partial charge >= 0.3 is 0 Å². The molecular formula is C14H22N2O. The van der Waals surface area contributed by atoms with Crippen LogP contribution in [-0.4, -0.2) is 37.4 Å². The number of aryl methyl sites for hydroxylation is 2. The molecule has 1 unspecified atom stereocenters. The lowest BCUT2D eigenvalue weighted by Crippen LogP contribution is -2.51. The highest BCUT2D eigenvalue weighted by Crippen LogP contribution is 2.22. The fourth-order valence-corrected chi connectivity index (χ4v) is 2.41. The Bertz CT molecular complexity index is 376. The number of nitrogens with zero attached hydrogens (tertiary/aromatic N) is 1. The molecule has 2 N–H and O–H groups in total. The van der Waals surface area contributed by atoms with E-state index < -0.39 is 0 Å². The molecule has 0 saturated carbocycles. The van der Waals surface area contributed by atoms with Crippen LogP contribution in [-0.2, 0) is 0 Å². The van der Waals surface area contributed by atoms with Gasteiger partial charge in [0, 0.05) is 38.0 Å². The molecule has 0 bridgehead atoms. The summed E-state index contributed by atoms with van der Waals surface area (Å²) in [5.74, 6) is 0. The lowest BCUT2D eigenvalue weighted by molar-refractivity contribution is 0.266. The first-order valence-corrected chi connectivity index (χ1v) is 6.38. The van der Waals surface area contributed by atoms with Crippen LogP contribution >= 0.6 is 0 Å². The Labute approximate surface area is 103 Å². The molecule has 94 valence electrons. The lowest BCUT2D eigenvalue weighted by Gasteiger charge is -2.38. The summed E-state index contributed by atoms with van der Waals surface area (Å²) in [4.78, 5) is 2.42. The molecule has 1 fully saturated rings. The van der Waals surface area contributed by atoms with Crippen LogP contribution in [0.1, 0.15) is 17.5 Å². The van der Waals surface area contributed by atoms with Crippen molar-refractivity contribution in [3.05, 3.63) is 29.3 Å². The van der Waals surface area contributed by atoms with E-state index >= 15 is 0 Å². The van der Waals surface area contributed by atoms with Gasteiger partial charge in [-0.1, -0.05) is 6.07 Å². The number of hydrogen-bond acceptors (Lipinski definition) is 3. The lowest BCUT2D eigenvalue weighted by atomic mass is 10.1. The van der Waals surface area contributed by atoms with Crippen LogP contribution in [0.15, 0.2) is 18.2 Å². The summed E-state index contributed by atoms with van der Waals surface area (Å²) < 4.78 is 0. The summed E-state index contributed by atoms with van der Waals surface area (Å²) >= 11 is 0. The Hall–Kier alpha value is -1.06. The molecule has 0 aliphatic carbocycles. The molecular weight excluding hydrogens is 212 g/mol. The number of aliphatic hydroxyl groups excluding tert-OH is 1. The summed E-state index contributed by atoms with van der Waals surface area (Å²) in [6.07, 6.45) is 0.833. The summed E-state index contributed by atoms with van der Waals surface area (Å²) in [6.45, 7) is 7.56. The van der Waals surface area contributed by atoms with Crippen molar-refractivity contribution < 1.29 is 5.11 Å². The van der Waals surface area contributed by atoms with Crippen LogP contribution in [0.5, 0.6) is 0 Å². The molecule has 2 rings (SSSR count). The van der Waals surface area contributed by atoms with E-state index in [4.69, 9.17) is 5.11 Å². The van der Waals surface area contributed by atoms with Gasteiger partial charge in [-0.2, -0.15) is 0 Å². The van der Waals surface area contributed by atoms with Gasteiger partial charge in [0.05, 0.1) is 0 Å². The minimum atomic E-state index is 0.258. The fraction of sp³-hybridized carbons (Fsp3) is 0.571. The molecule has 1 aromatic rings. The monoisotopic (exact) mass is 234 g/mol. The number of rotatable bonds is 3. The van der Waals surface area contributed by atoms with Crippen molar-refractivity contribution in [1.82, 2.24) is 5.32 Å². The number of anilines is 1. The third-order valence-electron chi connectivity index (χ3n) is 3.63. The predicted molar refractivity (Wildman–Crippen MR) is 71.6 cm³/mol. The minimum absolute atomic E-state index is 0.258. The first-order chi connectivity index (χ1) is 8.22. The van der Waals surface area contributed by atoms with Crippen molar-refractivity contribution in [2.45, 2.75) is 26.3 Å². The Morgan fingerprint density at radius 1 is 1.35 bits per heavy atom. The quantitative estimate of drug-likeness (QED) is 0.831. The maximum atomic E-state index is 9.13. The van der Waals surface area contributed by atoms with Crippen molar-refractivity contribution in [3.8, 4) is 0 Å². The molecule has 1 heterocycles. The second-order valence-electron chi connectivity index (χ2n) is 4.83. The smallest absolute Gasteiger partial charge is 0.0451 e. The molecule has 3 heteroatoms. The van der Waals surface area contributed by atoms with E-state index in [2.05, 4.69) is 42.3 Å². The molecule has 1 saturated heterocycles. The van der Waals surface area contributed by atoms with Gasteiger partial charge in [0.2, 0.25) is 0 Å². The van der Waals surface area contributed by atoms with Crippen LogP contribution in [0, 0.1) is 13.8 Å². The predicted octanol–water partition coefficient (Wildman–Crippen LogP) is 1.46. The number of aliphatic hydroxyl groups is 1. The van der Waals surface area contributed by atoms with Crippen molar-refractivity contribution in [1.29, 1.82) is 0 Å². The first kappa shape index (κ1) is 12.4. The van der Waals surface area contributed by atoms with Crippen molar-refractivity contribution in [3.63, 3.8) is 0 Å². The third-order valence-corrected chi connectivity index (χ3v) is 3.63. The SMILES string of the molecule is Cc1ccc(N2CCNCC2CCO)cc1C. The minimum Gasteiger partial charge on any atom is -0.396 e. The molecule has 0 aromatic heterocycles. The second kappa shape index (κ2) is 5.52. The van der Waals surface area contributed by atoms with Gasteiger partial charge in [-0.3, -0.25) is 0 Å². The van der Waals surface area contributed by atoms with Gasteiger partial charge in [-0.05, 0) is 43.5 Å². The Kier molecular flexibility index (Phi) is 4.02. The summed E-state index contributed by atoms with van der Waals surface area (Å²) in [7, 11) is 0. The summed E-state index contributed by atoms with van der Waals surface area (Å²) in [6, 6.07) is 7.04. The molecule has 0 radical (unpaired) electrons. The highest BCUT2D eigenvalue weighted by Gasteiger charge is 2.21. The van der Waals surface area contributed by atoms with E-state index in [9.17, 15) is 0 Å². The zero-order chi connectivity index (χ0) is 12.3. The number of benzene rings is 1. The van der Waals surface area contributed by atoms with E-state index in [0.29, 0.717) is 6.04 Å². The third kappa shape index (κ3) is 2.79. The topological polar surface area (TPSA) is 35.5 Å². The maximum absolute atomic E-state index is 9.13. The van der Waals surface area contributed by atoms with Crippen LogP contribution < -0.4 is 10.2 Å². The number of nitrogens with one attached hydrogen (secondary N) is 1. The maximum Gasteiger partial charge on any atom is 0.0451 e. The summed E-state index contributed by atoms with van der Waals surface area (Å²) in [5.41, 5.74) is 3.96. The number of piperazine rings is 1. The van der Waals surface area contributed by atoms with E-state index in [-0.39, 0.29) is 6.61 Å². The van der Waals surface area contributed by atoms with Gasteiger partial charge in [0.25, 0.3) is 0 Å². The molecule has 1 atom stereocenters. The molecule has 0 spiro atoms. The van der Waals surface area contributed by atoms with Crippen LogP contribution in [0.2, 0.25) is 0 Å². The van der Waals surface area contributed by atoms with Crippen LogP contribution in [0.25, 0.3) is 0 Å². The standard InChI is InChI=1S/C14H22N2O/c1-11-3-4-13(9-12(11)2)16-7-6-15-10-14(16)5-8-17/h3-4,9,14-15,17H,5-8,10H2,1-2H3. The Morgan fingerprint density at radius 3 is 2.88 bits per heavy atom. The van der Waals surface area contributed by atoms with Crippen LogP contribution in [0.3, 0.4) is 0 Å². The average molecular weight is 234 g/mol. The second-order valence-corrected chi connectivity index (χ2v) is 4.83. The zero-order valence-corrected chi connectivity index (χ0v) is 10.7. The highest BCUT2D eigenvalue weighted by atomic mass is 16.3. The molecule has 1 aliphatic heterocycles. The van der Waals surface area contributed by atoms with Gasteiger partial charge in [-0.15, -0.1) is 0 Å². The Morgan fingerprint density at radius 2 is 2.18 bits per heavy atom. The van der Waals surface area contributed by atoms with Gasteiger partial charge in [0.15, 0.2) is 0 Å². The van der Waals surface area contributed by atoms with E-state index in [1.807, 2.05) is 0 Å². The fourth-order valence-electron chi connectivity index (χ4n) is 2.41. The molecule has 3 nitrogen and oxygen atoms in total. The van der Waals surface area contributed by atoms with Crippen molar-refractivity contribution in [2.24, 2.45) is 0 Å². The van der Waals surface area contributed by atoms with E-state index in [1.54, 1.807) is 0 Å². The molecule has 1 aromatic carbocycles. The first-order valence-electron chi connectivity index (χ1n) is 6.38. The molecule has 17 heavy (non-hydrogen) atoms. The zero-order valence-electron chi connectivity index (χ0n) is 10.7. The van der Waals surface area contributed by atoms with Crippen LogP contribution in [0.4, 0.5) is 5.69 Å². The van der Waals surface area contributed by atoms with Crippen molar-refractivity contribution in [2.75, 3.05) is 31.1 Å². The van der Waals surface area contributed by atoms with Gasteiger partial charge in [-0.25, -0.2) is 0 Å². The molecule has 1 aliphatic rings. The van der Waals surface area contributed by atoms with E-state index in [0.717, 1.165) is 26.1 Å². The van der Waals surface area contributed by atoms with Gasteiger partial charge in [0.1, 0.15) is 0 Å². The average Bonchev–Trinajstić information content (AvgIpc) is 2.34. The van der Waals surface area contributed by atoms with E-state index in [1.165, 1.54) is 16.8 Å².